The molecule has 11 rings (SSSR count). The van der Waals surface area contributed by atoms with Crippen molar-refractivity contribution in [3.05, 3.63) is 200 Å². The molecule has 0 bridgehead atoms. The fourth-order valence-corrected chi connectivity index (χ4v) is 9.63. The quantitative estimate of drug-likeness (QED) is 0.161. The lowest BCUT2D eigenvalue weighted by atomic mass is 9.93. The van der Waals surface area contributed by atoms with E-state index in [2.05, 4.69) is 205 Å². The van der Waals surface area contributed by atoms with E-state index in [1.807, 2.05) is 11.3 Å². The van der Waals surface area contributed by atoms with E-state index in [4.69, 9.17) is 0 Å². The maximum Gasteiger partial charge on any atom is 0.0476 e. The predicted molar refractivity (Wildman–Crippen MR) is 235 cm³/mol. The summed E-state index contributed by atoms with van der Waals surface area (Å²) in [4.78, 5) is 2.42. The molecule has 54 heavy (non-hydrogen) atoms. The van der Waals surface area contributed by atoms with Crippen LogP contribution in [0.1, 0.15) is 0 Å². The molecule has 0 aliphatic rings. The Balaban J connectivity index is 1.09. The summed E-state index contributed by atoms with van der Waals surface area (Å²) in [5.41, 5.74) is 8.26. The average molecular weight is 704 g/mol. The van der Waals surface area contributed by atoms with Crippen molar-refractivity contribution in [3.8, 4) is 22.3 Å². The van der Waals surface area contributed by atoms with Crippen LogP contribution in [0, 0.1) is 0 Å². The van der Waals surface area contributed by atoms with E-state index in [1.165, 1.54) is 85.5 Å². The van der Waals surface area contributed by atoms with Gasteiger partial charge in [-0.1, -0.05) is 146 Å². The molecule has 0 amide bonds. The second-order valence-corrected chi connectivity index (χ2v) is 15.2. The van der Waals surface area contributed by atoms with Gasteiger partial charge < -0.3 is 4.90 Å². The summed E-state index contributed by atoms with van der Waals surface area (Å²) >= 11 is 1.86. The van der Waals surface area contributed by atoms with Crippen LogP contribution in [-0.2, 0) is 0 Å². The summed E-state index contributed by atoms with van der Waals surface area (Å²) in [5, 5.41) is 12.8. The van der Waals surface area contributed by atoms with Crippen molar-refractivity contribution in [3.63, 3.8) is 0 Å². The van der Waals surface area contributed by atoms with Crippen molar-refractivity contribution in [2.45, 2.75) is 0 Å². The van der Waals surface area contributed by atoms with Gasteiger partial charge in [-0.25, -0.2) is 0 Å². The highest BCUT2D eigenvalue weighted by Gasteiger charge is 2.18. The van der Waals surface area contributed by atoms with Gasteiger partial charge in [0.25, 0.3) is 0 Å². The van der Waals surface area contributed by atoms with Crippen LogP contribution < -0.4 is 4.90 Å². The van der Waals surface area contributed by atoms with Crippen LogP contribution in [0.15, 0.2) is 200 Å². The van der Waals surface area contributed by atoms with Gasteiger partial charge in [0.05, 0.1) is 0 Å². The monoisotopic (exact) mass is 703 g/mol. The first-order chi connectivity index (χ1) is 26.8. The molecule has 0 atom stereocenters. The third-order valence-electron chi connectivity index (χ3n) is 11.0. The van der Waals surface area contributed by atoms with E-state index in [-0.39, 0.29) is 0 Å². The highest BCUT2D eigenvalue weighted by Crippen LogP contribution is 2.44. The molecule has 0 unspecified atom stereocenters. The zero-order valence-corrected chi connectivity index (χ0v) is 30.2. The molecule has 1 heterocycles. The molecule has 0 saturated carbocycles. The van der Waals surface area contributed by atoms with E-state index in [0.29, 0.717) is 0 Å². The number of hydrogen-bond acceptors (Lipinski definition) is 2. The van der Waals surface area contributed by atoms with Crippen LogP contribution in [0.25, 0.3) is 85.5 Å². The van der Waals surface area contributed by atoms with Crippen LogP contribution in [0.4, 0.5) is 17.1 Å². The first-order valence-corrected chi connectivity index (χ1v) is 19.3. The largest absolute Gasteiger partial charge is 0.310 e. The van der Waals surface area contributed by atoms with Gasteiger partial charge in [-0.05, 0) is 120 Å². The van der Waals surface area contributed by atoms with Crippen molar-refractivity contribution in [2.75, 3.05) is 4.90 Å². The Hall–Kier alpha value is -6.74. The lowest BCUT2D eigenvalue weighted by Gasteiger charge is -2.26. The minimum absolute atomic E-state index is 1.12. The van der Waals surface area contributed by atoms with Gasteiger partial charge in [-0.15, -0.1) is 11.3 Å². The zero-order valence-electron chi connectivity index (χ0n) is 29.4. The minimum Gasteiger partial charge on any atom is -0.310 e. The van der Waals surface area contributed by atoms with Crippen molar-refractivity contribution >= 4 is 91.7 Å². The van der Waals surface area contributed by atoms with E-state index in [9.17, 15) is 0 Å². The van der Waals surface area contributed by atoms with Gasteiger partial charge >= 0.3 is 0 Å². The molecule has 0 aliphatic carbocycles. The lowest BCUT2D eigenvalue weighted by Crippen LogP contribution is -2.10. The summed E-state index contributed by atoms with van der Waals surface area (Å²) in [6, 6.07) is 73.6. The lowest BCUT2D eigenvalue weighted by molar-refractivity contribution is 1.29. The Morgan fingerprint density at radius 3 is 1.44 bits per heavy atom. The van der Waals surface area contributed by atoms with E-state index >= 15 is 0 Å². The Morgan fingerprint density at radius 1 is 0.278 bits per heavy atom. The maximum atomic E-state index is 2.42. The fourth-order valence-electron chi connectivity index (χ4n) is 8.49. The Labute approximate surface area is 317 Å². The molecule has 1 nitrogen and oxygen atoms in total. The molecule has 11 aromatic rings. The Bertz CT molecular complexity index is 3230. The van der Waals surface area contributed by atoms with E-state index in [0.717, 1.165) is 17.1 Å². The average Bonchev–Trinajstić information content (AvgIpc) is 3.62. The van der Waals surface area contributed by atoms with Crippen LogP contribution >= 0.6 is 11.3 Å². The normalized spacial score (nSPS) is 11.7. The summed E-state index contributed by atoms with van der Waals surface area (Å²) in [6.07, 6.45) is 0. The minimum atomic E-state index is 1.12. The number of thiophene rings is 1. The molecule has 1 aromatic heterocycles. The standard InChI is InChI=1S/C52H33NS/c1-3-16-41-36(12-1)31-49(45-20-7-5-18-43(41)45)34-24-26-38(27-25-34)53(40-28-29-48-47-22-9-10-23-51(47)54-52(48)33-40)39-15-11-14-35(30-39)50-32-37-13-2-4-17-42(37)44-19-6-8-21-46(44)50/h1-33H. The molecular weight excluding hydrogens is 671 g/mol. The molecule has 0 radical (unpaired) electrons. The molecule has 252 valence electrons. The van der Waals surface area contributed by atoms with Gasteiger partial charge in [0, 0.05) is 37.2 Å². The van der Waals surface area contributed by atoms with Crippen molar-refractivity contribution in [2.24, 2.45) is 0 Å². The van der Waals surface area contributed by atoms with Gasteiger partial charge in [0.1, 0.15) is 0 Å². The molecule has 0 N–H and O–H groups in total. The highest BCUT2D eigenvalue weighted by atomic mass is 32.1. The third kappa shape index (κ3) is 4.99. The van der Waals surface area contributed by atoms with Gasteiger partial charge in [0.15, 0.2) is 0 Å². The van der Waals surface area contributed by atoms with E-state index in [1.54, 1.807) is 0 Å². The number of rotatable bonds is 5. The zero-order chi connectivity index (χ0) is 35.6. The second-order valence-electron chi connectivity index (χ2n) is 14.1. The number of benzene rings is 10. The molecule has 0 fully saturated rings. The summed E-state index contributed by atoms with van der Waals surface area (Å²) in [7, 11) is 0. The first kappa shape index (κ1) is 30.8. The van der Waals surface area contributed by atoms with Gasteiger partial charge in [0.2, 0.25) is 0 Å². The fraction of sp³-hybridized carbons (Fsp3) is 0. The second kappa shape index (κ2) is 12.4. The molecule has 0 aliphatic heterocycles. The molecule has 2 heteroatoms. The Morgan fingerprint density at radius 2 is 0.778 bits per heavy atom. The van der Waals surface area contributed by atoms with Crippen molar-refractivity contribution < 1.29 is 0 Å². The van der Waals surface area contributed by atoms with Crippen LogP contribution in [-0.4, -0.2) is 0 Å². The van der Waals surface area contributed by atoms with Crippen molar-refractivity contribution in [1.29, 1.82) is 0 Å². The number of fused-ring (bicyclic) bond motifs is 9. The molecule has 10 aromatic carbocycles. The molecule has 0 spiro atoms. The highest BCUT2D eigenvalue weighted by molar-refractivity contribution is 7.25. The van der Waals surface area contributed by atoms with Gasteiger partial charge in [-0.2, -0.15) is 0 Å². The topological polar surface area (TPSA) is 3.24 Å². The van der Waals surface area contributed by atoms with Gasteiger partial charge in [-0.3, -0.25) is 0 Å². The summed E-state index contributed by atoms with van der Waals surface area (Å²) in [5.74, 6) is 0. The SMILES string of the molecule is c1cc(-c2cc3ccccc3c3ccccc23)cc(N(c2ccc(-c3cc4ccccc4c4ccccc34)cc2)c2ccc3c(c2)sc2ccccc23)c1. The number of hydrogen-bond donors (Lipinski definition) is 0. The number of nitrogens with zero attached hydrogens (tertiary/aromatic N) is 1. The van der Waals surface area contributed by atoms with E-state index < -0.39 is 0 Å². The maximum absolute atomic E-state index is 2.42. The summed E-state index contributed by atoms with van der Waals surface area (Å²) in [6.45, 7) is 0. The van der Waals surface area contributed by atoms with Crippen LogP contribution in [0.3, 0.4) is 0 Å². The smallest absolute Gasteiger partial charge is 0.0476 e. The predicted octanol–water partition coefficient (Wildman–Crippen LogP) is 15.5. The molecular formula is C52H33NS. The summed E-state index contributed by atoms with van der Waals surface area (Å²) < 4.78 is 2.60. The third-order valence-corrected chi connectivity index (χ3v) is 12.1. The molecule has 0 saturated heterocycles. The number of anilines is 3. The van der Waals surface area contributed by atoms with Crippen LogP contribution in [0.2, 0.25) is 0 Å². The van der Waals surface area contributed by atoms with Crippen molar-refractivity contribution in [1.82, 2.24) is 0 Å². The Kier molecular flexibility index (Phi) is 7.11. The first-order valence-electron chi connectivity index (χ1n) is 18.5. The van der Waals surface area contributed by atoms with Crippen LogP contribution in [0.5, 0.6) is 0 Å².